The predicted octanol–water partition coefficient (Wildman–Crippen LogP) is 0.540. The maximum Gasteiger partial charge on any atom is 0.312 e. The van der Waals surface area contributed by atoms with Crippen LogP contribution in [0.2, 0.25) is 0 Å². The molecule has 1 aromatic rings. The van der Waals surface area contributed by atoms with Gasteiger partial charge in [-0.15, -0.1) is 0 Å². The highest BCUT2D eigenvalue weighted by molar-refractivity contribution is 7.80. The number of halogens is 1. The van der Waals surface area contributed by atoms with Gasteiger partial charge >= 0.3 is 6.03 Å². The van der Waals surface area contributed by atoms with Crippen LogP contribution in [0.25, 0.3) is 0 Å². The van der Waals surface area contributed by atoms with E-state index in [1.54, 1.807) is 6.07 Å². The molecule has 0 aromatic heterocycles. The predicted molar refractivity (Wildman–Crippen MR) is 68.4 cm³/mol. The molecule has 1 aromatic carbocycles. The van der Waals surface area contributed by atoms with Gasteiger partial charge in [0, 0.05) is 18.7 Å². The highest BCUT2D eigenvalue weighted by Gasteiger charge is 2.04. The summed E-state index contributed by atoms with van der Waals surface area (Å²) in [5, 5.41) is 5.18. The van der Waals surface area contributed by atoms with E-state index in [1.807, 2.05) is 0 Å². The monoisotopic (exact) mass is 256 g/mol. The van der Waals surface area contributed by atoms with Gasteiger partial charge in [-0.05, 0) is 18.2 Å². The largest absolute Gasteiger partial charge is 0.389 e. The van der Waals surface area contributed by atoms with Gasteiger partial charge in [0.1, 0.15) is 10.8 Å². The van der Waals surface area contributed by atoms with Crippen LogP contribution in [-0.4, -0.2) is 24.1 Å². The van der Waals surface area contributed by atoms with E-state index >= 15 is 0 Å². The number of hydrogen-bond donors (Lipinski definition) is 4. The van der Waals surface area contributed by atoms with Crippen molar-refractivity contribution in [1.82, 2.24) is 5.32 Å². The van der Waals surface area contributed by atoms with Crippen LogP contribution in [0.5, 0.6) is 0 Å². The first-order chi connectivity index (χ1) is 8.00. The van der Waals surface area contributed by atoms with E-state index in [4.69, 9.17) is 23.7 Å². The molecule has 0 aliphatic carbocycles. The van der Waals surface area contributed by atoms with Gasteiger partial charge in [-0.3, -0.25) is 0 Å². The van der Waals surface area contributed by atoms with Crippen LogP contribution in [-0.2, 0) is 0 Å². The number of hydrogen-bond acceptors (Lipinski definition) is 3. The Morgan fingerprint density at radius 2 is 2.06 bits per heavy atom. The van der Waals surface area contributed by atoms with Crippen molar-refractivity contribution in [3.8, 4) is 0 Å². The molecule has 17 heavy (non-hydrogen) atoms. The van der Waals surface area contributed by atoms with Crippen LogP contribution in [0.15, 0.2) is 18.2 Å². The topological polar surface area (TPSA) is 93.2 Å². The Bertz CT molecular complexity index is 438. The molecule has 0 spiro atoms. The van der Waals surface area contributed by atoms with Gasteiger partial charge in [-0.1, -0.05) is 12.2 Å². The summed E-state index contributed by atoms with van der Waals surface area (Å²) >= 11 is 4.73. The minimum Gasteiger partial charge on any atom is -0.389 e. The lowest BCUT2D eigenvalue weighted by atomic mass is 10.2. The maximum absolute atomic E-state index is 13.5. The Hall–Kier alpha value is -1.89. The second kappa shape index (κ2) is 6.00. The SMILES string of the molecule is NC(=O)NCCNc1ccc(C(N)=S)cc1F. The van der Waals surface area contributed by atoms with Crippen molar-refractivity contribution in [3.63, 3.8) is 0 Å². The number of benzene rings is 1. The number of carbonyl (C=O) groups excluding carboxylic acids is 1. The number of urea groups is 1. The van der Waals surface area contributed by atoms with Gasteiger partial charge in [0.25, 0.3) is 0 Å². The first-order valence-corrected chi connectivity index (χ1v) is 5.28. The molecule has 2 amide bonds. The van der Waals surface area contributed by atoms with E-state index in [9.17, 15) is 9.18 Å². The quantitative estimate of drug-likeness (QED) is 0.457. The molecule has 0 aliphatic heterocycles. The van der Waals surface area contributed by atoms with E-state index in [0.29, 0.717) is 24.3 Å². The Morgan fingerprint density at radius 3 is 2.59 bits per heavy atom. The number of primary amides is 1. The number of rotatable bonds is 5. The van der Waals surface area contributed by atoms with E-state index in [0.717, 1.165) is 0 Å². The lowest BCUT2D eigenvalue weighted by molar-refractivity contribution is 0.249. The molecule has 0 saturated carbocycles. The number of thiocarbonyl (C=S) groups is 1. The summed E-state index contributed by atoms with van der Waals surface area (Å²) in [4.78, 5) is 10.5. The minimum atomic E-state index is -0.615. The van der Waals surface area contributed by atoms with Crippen molar-refractivity contribution >= 4 is 28.9 Å². The van der Waals surface area contributed by atoms with Crippen molar-refractivity contribution in [3.05, 3.63) is 29.6 Å². The summed E-state index contributed by atoms with van der Waals surface area (Å²) < 4.78 is 13.5. The van der Waals surface area contributed by atoms with Crippen molar-refractivity contribution in [2.24, 2.45) is 11.5 Å². The zero-order valence-corrected chi connectivity index (χ0v) is 9.81. The summed E-state index contributed by atoms with van der Waals surface area (Å²) in [5.41, 5.74) is 11.0. The van der Waals surface area contributed by atoms with Crippen molar-refractivity contribution in [2.75, 3.05) is 18.4 Å². The Labute approximate surface area is 103 Å². The normalized spacial score (nSPS) is 9.71. The number of anilines is 1. The van der Waals surface area contributed by atoms with Crippen molar-refractivity contribution in [1.29, 1.82) is 0 Å². The van der Waals surface area contributed by atoms with E-state index < -0.39 is 11.8 Å². The maximum atomic E-state index is 13.5. The molecular formula is C10H13FN4OS. The number of amides is 2. The minimum absolute atomic E-state index is 0.144. The summed E-state index contributed by atoms with van der Waals surface area (Å²) in [6.07, 6.45) is 0. The number of carbonyl (C=O) groups is 1. The van der Waals surface area contributed by atoms with Crippen LogP contribution in [0.3, 0.4) is 0 Å². The highest BCUT2D eigenvalue weighted by Crippen LogP contribution is 2.15. The summed E-state index contributed by atoms with van der Waals surface area (Å²) in [6, 6.07) is 3.80. The van der Waals surface area contributed by atoms with Gasteiger partial charge in [-0.2, -0.15) is 0 Å². The fraction of sp³-hybridized carbons (Fsp3) is 0.200. The molecule has 92 valence electrons. The third-order valence-electron chi connectivity index (χ3n) is 1.99. The van der Waals surface area contributed by atoms with Crippen molar-refractivity contribution in [2.45, 2.75) is 0 Å². The smallest absolute Gasteiger partial charge is 0.312 e. The Kier molecular flexibility index (Phi) is 4.65. The van der Waals surface area contributed by atoms with Crippen LogP contribution < -0.4 is 22.1 Å². The van der Waals surface area contributed by atoms with Gasteiger partial charge in [0.05, 0.1) is 5.69 Å². The van der Waals surface area contributed by atoms with Crippen LogP contribution in [0.1, 0.15) is 5.56 Å². The molecule has 1 rings (SSSR count). The molecule has 7 heteroatoms. The second-order valence-electron chi connectivity index (χ2n) is 3.28. The first-order valence-electron chi connectivity index (χ1n) is 4.87. The lowest BCUT2D eigenvalue weighted by Gasteiger charge is -2.08. The molecule has 6 N–H and O–H groups in total. The standard InChI is InChI=1S/C10H13FN4OS/c11-7-5-6(9(12)17)1-2-8(7)14-3-4-15-10(13)16/h1-2,5,14H,3-4H2,(H2,12,17)(H3,13,15,16). The van der Waals surface area contributed by atoms with Crippen LogP contribution in [0.4, 0.5) is 14.9 Å². The fourth-order valence-corrected chi connectivity index (χ4v) is 1.32. The summed E-state index contributed by atoms with van der Waals surface area (Å²) in [5.74, 6) is -0.450. The molecular weight excluding hydrogens is 243 g/mol. The fourth-order valence-electron chi connectivity index (χ4n) is 1.19. The molecule has 5 nitrogen and oxygen atoms in total. The van der Waals surface area contributed by atoms with Gasteiger partial charge in [0.15, 0.2) is 0 Å². The third-order valence-corrected chi connectivity index (χ3v) is 2.23. The average Bonchev–Trinajstić information content (AvgIpc) is 2.25. The first kappa shape index (κ1) is 13.2. The van der Waals surface area contributed by atoms with Gasteiger partial charge in [-0.25, -0.2) is 9.18 Å². The Morgan fingerprint density at radius 1 is 1.35 bits per heavy atom. The molecule has 0 bridgehead atoms. The number of nitrogens with two attached hydrogens (primary N) is 2. The summed E-state index contributed by atoms with van der Waals surface area (Å²) in [7, 11) is 0. The van der Waals surface area contributed by atoms with Crippen LogP contribution >= 0.6 is 12.2 Å². The van der Waals surface area contributed by atoms with Crippen LogP contribution in [0, 0.1) is 5.82 Å². The third kappa shape index (κ3) is 4.23. The van der Waals surface area contributed by atoms with Gasteiger partial charge in [0.2, 0.25) is 0 Å². The van der Waals surface area contributed by atoms with Gasteiger partial charge < -0.3 is 22.1 Å². The molecule has 0 saturated heterocycles. The van der Waals surface area contributed by atoms with Crippen molar-refractivity contribution < 1.29 is 9.18 Å². The average molecular weight is 256 g/mol. The molecule has 0 heterocycles. The molecule has 0 atom stereocenters. The zero-order chi connectivity index (χ0) is 12.8. The van der Waals surface area contributed by atoms with E-state index in [2.05, 4.69) is 10.6 Å². The summed E-state index contributed by atoms with van der Waals surface area (Å²) in [6.45, 7) is 0.679. The lowest BCUT2D eigenvalue weighted by Crippen LogP contribution is -2.33. The molecule has 0 fully saturated rings. The highest BCUT2D eigenvalue weighted by atomic mass is 32.1. The Balaban J connectivity index is 2.54. The number of nitrogens with one attached hydrogen (secondary N) is 2. The molecule has 0 unspecified atom stereocenters. The second-order valence-corrected chi connectivity index (χ2v) is 3.72. The van der Waals surface area contributed by atoms with E-state index in [-0.39, 0.29) is 4.99 Å². The molecule has 0 radical (unpaired) electrons. The van der Waals surface area contributed by atoms with E-state index in [1.165, 1.54) is 12.1 Å². The zero-order valence-electron chi connectivity index (χ0n) is 9.00. The molecule has 0 aliphatic rings.